The van der Waals surface area contributed by atoms with E-state index in [-0.39, 0.29) is 5.91 Å². The van der Waals surface area contributed by atoms with Gasteiger partial charge in [0.15, 0.2) is 0 Å². The summed E-state index contributed by atoms with van der Waals surface area (Å²) in [6.07, 6.45) is 5.51. The lowest BCUT2D eigenvalue weighted by Crippen LogP contribution is -2.23. The van der Waals surface area contributed by atoms with Crippen LogP contribution in [0.25, 0.3) is 10.8 Å². The summed E-state index contributed by atoms with van der Waals surface area (Å²) in [7, 11) is 1.64. The number of hydrogen-bond acceptors (Lipinski definition) is 4. The predicted octanol–water partition coefficient (Wildman–Crippen LogP) is 3.45. The van der Waals surface area contributed by atoms with E-state index >= 15 is 0 Å². The summed E-state index contributed by atoms with van der Waals surface area (Å²) in [4.78, 5) is 21.0. The van der Waals surface area contributed by atoms with Crippen molar-refractivity contribution in [1.82, 2.24) is 15.3 Å². The Kier molecular flexibility index (Phi) is 4.06. The number of methoxy groups -OCH3 is 1. The van der Waals surface area contributed by atoms with Crippen molar-refractivity contribution in [3.05, 3.63) is 65.7 Å². The summed E-state index contributed by atoms with van der Waals surface area (Å²) in [6, 6.07) is 12.0. The van der Waals surface area contributed by atoms with Gasteiger partial charge < -0.3 is 10.1 Å². The second-order valence-corrected chi connectivity index (χ2v) is 6.25. The van der Waals surface area contributed by atoms with E-state index in [1.54, 1.807) is 19.5 Å². The zero-order chi connectivity index (χ0) is 17.2. The standard InChI is InChI=1S/C20H19N3O2/c1-25-18-9-8-13-4-2-3-5-16(13)17(18)12-23-20(24)15-10-21-19(22-11-15)14-6-7-14/h2-5,8-11,14H,6-7,12H2,1H3,(H,23,24). The maximum absolute atomic E-state index is 12.4. The van der Waals surface area contributed by atoms with E-state index in [0.717, 1.165) is 40.8 Å². The molecule has 0 atom stereocenters. The summed E-state index contributed by atoms with van der Waals surface area (Å²) in [6.45, 7) is 0.383. The molecule has 25 heavy (non-hydrogen) atoms. The molecule has 0 aliphatic heterocycles. The Balaban J connectivity index is 1.54. The van der Waals surface area contributed by atoms with Gasteiger partial charge in [0, 0.05) is 30.4 Å². The van der Waals surface area contributed by atoms with E-state index in [4.69, 9.17) is 4.74 Å². The van der Waals surface area contributed by atoms with Gasteiger partial charge in [-0.2, -0.15) is 0 Å². The molecule has 1 N–H and O–H groups in total. The number of carbonyl (C=O) groups is 1. The molecule has 0 bridgehead atoms. The van der Waals surface area contributed by atoms with Crippen LogP contribution in [0.1, 0.15) is 40.5 Å². The molecule has 5 nitrogen and oxygen atoms in total. The highest BCUT2D eigenvalue weighted by molar-refractivity contribution is 5.94. The number of nitrogens with one attached hydrogen (secondary N) is 1. The second-order valence-electron chi connectivity index (χ2n) is 6.25. The molecular weight excluding hydrogens is 314 g/mol. The molecule has 1 heterocycles. The van der Waals surface area contributed by atoms with Crippen LogP contribution in [-0.4, -0.2) is 23.0 Å². The summed E-state index contributed by atoms with van der Waals surface area (Å²) in [5, 5.41) is 5.13. The van der Waals surface area contributed by atoms with Gasteiger partial charge in [-0.3, -0.25) is 4.79 Å². The minimum Gasteiger partial charge on any atom is -0.496 e. The average molecular weight is 333 g/mol. The molecule has 1 aromatic heterocycles. The Bertz CT molecular complexity index is 918. The molecule has 3 aromatic rings. The quantitative estimate of drug-likeness (QED) is 0.777. The maximum atomic E-state index is 12.4. The minimum absolute atomic E-state index is 0.183. The van der Waals surface area contributed by atoms with Crippen LogP contribution < -0.4 is 10.1 Å². The van der Waals surface area contributed by atoms with Crippen LogP contribution in [0.5, 0.6) is 5.75 Å². The van der Waals surface area contributed by atoms with Crippen LogP contribution in [0.15, 0.2) is 48.8 Å². The molecular formula is C20H19N3O2. The van der Waals surface area contributed by atoms with Gasteiger partial charge >= 0.3 is 0 Å². The fourth-order valence-corrected chi connectivity index (χ4v) is 2.97. The molecule has 1 saturated carbocycles. The van der Waals surface area contributed by atoms with Crippen LogP contribution in [-0.2, 0) is 6.54 Å². The van der Waals surface area contributed by atoms with Crippen molar-refractivity contribution in [3.63, 3.8) is 0 Å². The van der Waals surface area contributed by atoms with E-state index in [2.05, 4.69) is 15.3 Å². The number of carbonyl (C=O) groups excluding carboxylic acids is 1. The first-order chi connectivity index (χ1) is 12.3. The topological polar surface area (TPSA) is 64.1 Å². The first-order valence-electron chi connectivity index (χ1n) is 8.41. The fraction of sp³-hybridized carbons (Fsp3) is 0.250. The van der Waals surface area contributed by atoms with Crippen molar-refractivity contribution in [2.75, 3.05) is 7.11 Å². The highest BCUT2D eigenvalue weighted by Gasteiger charge is 2.26. The number of ether oxygens (including phenoxy) is 1. The Morgan fingerprint density at radius 3 is 2.64 bits per heavy atom. The van der Waals surface area contributed by atoms with Crippen molar-refractivity contribution in [2.45, 2.75) is 25.3 Å². The third-order valence-electron chi connectivity index (χ3n) is 4.52. The smallest absolute Gasteiger partial charge is 0.254 e. The highest BCUT2D eigenvalue weighted by Crippen LogP contribution is 2.37. The van der Waals surface area contributed by atoms with E-state index in [9.17, 15) is 4.79 Å². The molecule has 5 heteroatoms. The molecule has 2 aromatic carbocycles. The van der Waals surface area contributed by atoms with Crippen LogP contribution in [0.4, 0.5) is 0 Å². The summed E-state index contributed by atoms with van der Waals surface area (Å²) in [5.74, 6) is 1.90. The van der Waals surface area contributed by atoms with Crippen molar-refractivity contribution in [3.8, 4) is 5.75 Å². The molecule has 4 rings (SSSR count). The fourth-order valence-electron chi connectivity index (χ4n) is 2.97. The molecule has 126 valence electrons. The van der Waals surface area contributed by atoms with Crippen LogP contribution in [0, 0.1) is 0 Å². The van der Waals surface area contributed by atoms with Crippen molar-refractivity contribution in [2.24, 2.45) is 0 Å². The Morgan fingerprint density at radius 2 is 1.92 bits per heavy atom. The van der Waals surface area contributed by atoms with Gasteiger partial charge in [0.2, 0.25) is 0 Å². The molecule has 0 spiro atoms. The first kappa shape index (κ1) is 15.6. The molecule has 0 saturated heterocycles. The Morgan fingerprint density at radius 1 is 1.16 bits per heavy atom. The zero-order valence-corrected chi connectivity index (χ0v) is 14.0. The summed E-state index contributed by atoms with van der Waals surface area (Å²) in [5.41, 5.74) is 1.44. The van der Waals surface area contributed by atoms with E-state index in [1.807, 2.05) is 36.4 Å². The zero-order valence-electron chi connectivity index (χ0n) is 14.0. The first-order valence-corrected chi connectivity index (χ1v) is 8.41. The minimum atomic E-state index is -0.183. The Hall–Kier alpha value is -2.95. The van der Waals surface area contributed by atoms with Gasteiger partial charge in [-0.25, -0.2) is 9.97 Å². The number of nitrogens with zero attached hydrogens (tertiary/aromatic N) is 2. The van der Waals surface area contributed by atoms with Gasteiger partial charge in [0.25, 0.3) is 5.91 Å². The lowest BCUT2D eigenvalue weighted by molar-refractivity contribution is 0.0950. The number of hydrogen-bond donors (Lipinski definition) is 1. The largest absolute Gasteiger partial charge is 0.496 e. The lowest BCUT2D eigenvalue weighted by atomic mass is 10.0. The lowest BCUT2D eigenvalue weighted by Gasteiger charge is -2.13. The number of fused-ring (bicyclic) bond motifs is 1. The second kappa shape index (κ2) is 6.51. The number of benzene rings is 2. The van der Waals surface area contributed by atoms with E-state index in [0.29, 0.717) is 18.0 Å². The normalized spacial score (nSPS) is 13.6. The van der Waals surface area contributed by atoms with E-state index < -0.39 is 0 Å². The monoisotopic (exact) mass is 333 g/mol. The third-order valence-corrected chi connectivity index (χ3v) is 4.52. The summed E-state index contributed by atoms with van der Waals surface area (Å²) >= 11 is 0. The molecule has 0 unspecified atom stereocenters. The maximum Gasteiger partial charge on any atom is 0.254 e. The average Bonchev–Trinajstić information content (AvgIpc) is 3.51. The van der Waals surface area contributed by atoms with Gasteiger partial charge in [-0.1, -0.05) is 30.3 Å². The van der Waals surface area contributed by atoms with Crippen molar-refractivity contribution >= 4 is 16.7 Å². The van der Waals surface area contributed by atoms with Gasteiger partial charge in [-0.05, 0) is 29.7 Å². The molecule has 1 fully saturated rings. The van der Waals surface area contributed by atoms with Gasteiger partial charge in [0.05, 0.1) is 12.7 Å². The van der Waals surface area contributed by atoms with Crippen LogP contribution >= 0.6 is 0 Å². The summed E-state index contributed by atoms with van der Waals surface area (Å²) < 4.78 is 5.46. The number of rotatable bonds is 5. The van der Waals surface area contributed by atoms with E-state index in [1.165, 1.54) is 0 Å². The molecule has 1 aliphatic carbocycles. The highest BCUT2D eigenvalue weighted by atomic mass is 16.5. The molecule has 0 radical (unpaired) electrons. The molecule has 1 amide bonds. The van der Waals surface area contributed by atoms with Gasteiger partial charge in [0.1, 0.15) is 11.6 Å². The van der Waals surface area contributed by atoms with Crippen molar-refractivity contribution in [1.29, 1.82) is 0 Å². The SMILES string of the molecule is COc1ccc2ccccc2c1CNC(=O)c1cnc(C2CC2)nc1. The Labute approximate surface area is 146 Å². The number of amides is 1. The van der Waals surface area contributed by atoms with Gasteiger partial charge in [-0.15, -0.1) is 0 Å². The third kappa shape index (κ3) is 3.18. The number of aromatic nitrogens is 2. The van der Waals surface area contributed by atoms with Crippen molar-refractivity contribution < 1.29 is 9.53 Å². The van der Waals surface area contributed by atoms with Crippen LogP contribution in [0.2, 0.25) is 0 Å². The molecule has 1 aliphatic rings. The van der Waals surface area contributed by atoms with Crippen LogP contribution in [0.3, 0.4) is 0 Å². The predicted molar refractivity (Wildman–Crippen MR) is 95.7 cm³/mol.